The fraction of sp³-hybridized carbons (Fsp3) is 0.0714. The highest BCUT2D eigenvalue weighted by molar-refractivity contribution is 9.10. The second-order valence-corrected chi connectivity index (χ2v) is 4.51. The molecule has 0 fully saturated rings. The van der Waals surface area contributed by atoms with Crippen LogP contribution in [0.15, 0.2) is 53.0 Å². The minimum Gasteiger partial charge on any atom is -0.437 e. The second-order valence-electron chi connectivity index (χ2n) is 3.59. The van der Waals surface area contributed by atoms with Gasteiger partial charge < -0.3 is 9.47 Å². The van der Waals surface area contributed by atoms with Crippen LogP contribution in [0.1, 0.15) is 0 Å². The van der Waals surface area contributed by atoms with Gasteiger partial charge in [-0.1, -0.05) is 40.2 Å². The quantitative estimate of drug-likeness (QED) is 0.614. The first-order valence-corrected chi connectivity index (χ1v) is 6.10. The van der Waals surface area contributed by atoms with Gasteiger partial charge >= 0.3 is 6.16 Å². The number of benzene rings is 2. The highest BCUT2D eigenvalue weighted by Gasteiger charge is 2.05. The van der Waals surface area contributed by atoms with Gasteiger partial charge in [-0.05, 0) is 35.4 Å². The second kappa shape index (κ2) is 5.69. The molecule has 92 valence electrons. The minimum atomic E-state index is -0.719. The summed E-state index contributed by atoms with van der Waals surface area (Å²) in [6.45, 7) is 0. The Bertz CT molecular complexity index is 549. The Hall–Kier alpha value is -1.81. The third kappa shape index (κ3) is 3.11. The van der Waals surface area contributed by atoms with Crippen LogP contribution >= 0.6 is 15.9 Å². The lowest BCUT2D eigenvalue weighted by atomic mass is 10.1. The van der Waals surface area contributed by atoms with Gasteiger partial charge in [0.05, 0.1) is 7.11 Å². The lowest BCUT2D eigenvalue weighted by Crippen LogP contribution is -2.07. The zero-order chi connectivity index (χ0) is 13.0. The van der Waals surface area contributed by atoms with Gasteiger partial charge in [0.25, 0.3) is 0 Å². The molecule has 0 saturated carbocycles. The highest BCUT2D eigenvalue weighted by Crippen LogP contribution is 2.25. The molecule has 3 nitrogen and oxygen atoms in total. The van der Waals surface area contributed by atoms with Crippen LogP contribution in [-0.4, -0.2) is 13.3 Å². The predicted octanol–water partition coefficient (Wildman–Crippen LogP) is 4.26. The molecule has 0 heterocycles. The molecule has 18 heavy (non-hydrogen) atoms. The van der Waals surface area contributed by atoms with E-state index < -0.39 is 6.16 Å². The summed E-state index contributed by atoms with van der Waals surface area (Å²) in [6, 6.07) is 15.2. The Labute approximate surface area is 113 Å². The summed E-state index contributed by atoms with van der Waals surface area (Å²) in [5.41, 5.74) is 2.03. The normalized spacial score (nSPS) is 9.89. The molecule has 4 heteroatoms. The maximum Gasteiger partial charge on any atom is 0.513 e. The van der Waals surface area contributed by atoms with Crippen LogP contribution in [0.5, 0.6) is 5.75 Å². The van der Waals surface area contributed by atoms with E-state index in [0.29, 0.717) is 5.75 Å². The van der Waals surface area contributed by atoms with Crippen LogP contribution in [0.2, 0.25) is 0 Å². The Morgan fingerprint density at radius 2 is 1.78 bits per heavy atom. The highest BCUT2D eigenvalue weighted by atomic mass is 79.9. The van der Waals surface area contributed by atoms with E-state index in [1.165, 1.54) is 7.11 Å². The summed E-state index contributed by atoms with van der Waals surface area (Å²) in [4.78, 5) is 11.0. The van der Waals surface area contributed by atoms with E-state index in [4.69, 9.17) is 4.74 Å². The van der Waals surface area contributed by atoms with Gasteiger partial charge in [0.2, 0.25) is 0 Å². The topological polar surface area (TPSA) is 35.5 Å². The molecule has 0 N–H and O–H groups in total. The Balaban J connectivity index is 2.26. The molecular formula is C14H11BrO3. The molecule has 0 bridgehead atoms. The van der Waals surface area contributed by atoms with Crippen LogP contribution in [0.3, 0.4) is 0 Å². The Kier molecular flexibility index (Phi) is 3.99. The fourth-order valence-corrected chi connectivity index (χ4v) is 1.78. The predicted molar refractivity (Wildman–Crippen MR) is 72.6 cm³/mol. The van der Waals surface area contributed by atoms with Crippen molar-refractivity contribution in [2.75, 3.05) is 7.11 Å². The van der Waals surface area contributed by atoms with E-state index >= 15 is 0 Å². The van der Waals surface area contributed by atoms with Crippen molar-refractivity contribution >= 4 is 22.1 Å². The van der Waals surface area contributed by atoms with E-state index in [-0.39, 0.29) is 0 Å². The lowest BCUT2D eigenvalue weighted by Gasteiger charge is -2.06. The van der Waals surface area contributed by atoms with Crippen LogP contribution in [0, 0.1) is 0 Å². The number of ether oxygens (including phenoxy) is 2. The molecule has 0 amide bonds. The molecular weight excluding hydrogens is 296 g/mol. The average molecular weight is 307 g/mol. The van der Waals surface area contributed by atoms with Gasteiger partial charge in [0, 0.05) is 4.47 Å². The molecule has 0 unspecified atom stereocenters. The van der Waals surface area contributed by atoms with E-state index in [1.54, 1.807) is 12.1 Å². The van der Waals surface area contributed by atoms with Crippen molar-refractivity contribution in [2.45, 2.75) is 0 Å². The summed E-state index contributed by atoms with van der Waals surface area (Å²) in [5, 5.41) is 0. The molecule has 0 atom stereocenters. The number of carbonyl (C=O) groups excluding carboxylic acids is 1. The van der Waals surface area contributed by atoms with Crippen LogP contribution in [0.4, 0.5) is 4.79 Å². The van der Waals surface area contributed by atoms with E-state index in [1.807, 2.05) is 36.4 Å². The van der Waals surface area contributed by atoms with Crippen molar-refractivity contribution in [3.05, 3.63) is 53.0 Å². The third-order valence-corrected chi connectivity index (χ3v) is 2.91. The first kappa shape index (κ1) is 12.6. The van der Waals surface area contributed by atoms with Crippen LogP contribution in [-0.2, 0) is 4.74 Å². The maximum atomic E-state index is 11.0. The van der Waals surface area contributed by atoms with Gasteiger partial charge in [-0.25, -0.2) is 4.79 Å². The summed E-state index contributed by atoms with van der Waals surface area (Å²) in [6.07, 6.45) is -0.719. The standard InChI is InChI=1S/C14H11BrO3/c1-17-14(16)18-13-4-2-3-11(9-13)10-5-7-12(15)8-6-10/h2-9H,1H3. The molecule has 2 aromatic rings. The van der Waals surface area contributed by atoms with Crippen LogP contribution in [0.25, 0.3) is 11.1 Å². The SMILES string of the molecule is COC(=O)Oc1cccc(-c2ccc(Br)cc2)c1. The summed E-state index contributed by atoms with van der Waals surface area (Å²) < 4.78 is 10.4. The van der Waals surface area contributed by atoms with Crippen molar-refractivity contribution in [1.82, 2.24) is 0 Å². The number of hydrogen-bond acceptors (Lipinski definition) is 3. The van der Waals surface area contributed by atoms with E-state index in [0.717, 1.165) is 15.6 Å². The summed E-state index contributed by atoms with van der Waals surface area (Å²) in [7, 11) is 1.28. The van der Waals surface area contributed by atoms with E-state index in [2.05, 4.69) is 20.7 Å². The van der Waals surface area contributed by atoms with Gasteiger partial charge in [-0.3, -0.25) is 0 Å². The number of rotatable bonds is 2. The molecule has 0 aromatic heterocycles. The number of carbonyl (C=O) groups is 1. The largest absolute Gasteiger partial charge is 0.513 e. The number of halogens is 1. The smallest absolute Gasteiger partial charge is 0.437 e. The zero-order valence-corrected chi connectivity index (χ0v) is 11.3. The first-order chi connectivity index (χ1) is 8.69. The summed E-state index contributed by atoms with van der Waals surface area (Å²) in [5.74, 6) is 0.460. The van der Waals surface area contributed by atoms with Gasteiger partial charge in [-0.15, -0.1) is 0 Å². The first-order valence-electron chi connectivity index (χ1n) is 5.31. The van der Waals surface area contributed by atoms with Gasteiger partial charge in [0.1, 0.15) is 5.75 Å². The van der Waals surface area contributed by atoms with Crippen molar-refractivity contribution < 1.29 is 14.3 Å². The van der Waals surface area contributed by atoms with Crippen molar-refractivity contribution in [3.8, 4) is 16.9 Å². The molecule has 0 spiro atoms. The van der Waals surface area contributed by atoms with Gasteiger partial charge in [-0.2, -0.15) is 0 Å². The monoisotopic (exact) mass is 306 g/mol. The molecule has 0 saturated heterocycles. The Morgan fingerprint density at radius 1 is 1.06 bits per heavy atom. The van der Waals surface area contributed by atoms with Gasteiger partial charge in [0.15, 0.2) is 0 Å². The van der Waals surface area contributed by atoms with Crippen molar-refractivity contribution in [1.29, 1.82) is 0 Å². The maximum absolute atomic E-state index is 11.0. The average Bonchev–Trinajstić information content (AvgIpc) is 2.40. The van der Waals surface area contributed by atoms with Crippen molar-refractivity contribution in [3.63, 3.8) is 0 Å². The molecule has 0 radical (unpaired) electrons. The minimum absolute atomic E-state index is 0.460. The zero-order valence-electron chi connectivity index (χ0n) is 9.72. The molecule has 0 aliphatic rings. The third-order valence-electron chi connectivity index (χ3n) is 2.38. The van der Waals surface area contributed by atoms with Crippen molar-refractivity contribution in [2.24, 2.45) is 0 Å². The molecule has 0 aliphatic carbocycles. The van der Waals surface area contributed by atoms with E-state index in [9.17, 15) is 4.79 Å². The molecule has 0 aliphatic heterocycles. The number of hydrogen-bond donors (Lipinski definition) is 0. The Morgan fingerprint density at radius 3 is 2.44 bits per heavy atom. The fourth-order valence-electron chi connectivity index (χ4n) is 1.52. The lowest BCUT2D eigenvalue weighted by molar-refractivity contribution is 0.121. The molecule has 2 rings (SSSR count). The van der Waals surface area contributed by atoms with Crippen LogP contribution < -0.4 is 4.74 Å². The number of methoxy groups -OCH3 is 1. The molecule has 2 aromatic carbocycles. The summed E-state index contributed by atoms with van der Waals surface area (Å²) >= 11 is 3.39.